The molecule has 16 nitrogen and oxygen atoms in total. The van der Waals surface area contributed by atoms with Gasteiger partial charge in [0.15, 0.2) is 24.5 Å². The molecule has 4 rings (SSSR count). The maximum absolute atomic E-state index is 14.3. The zero-order valence-electron chi connectivity index (χ0n) is 31.0. The number of ether oxygens (including phenoxy) is 7. The SMILES string of the molecule is CC(=O)OC[C@H]1O[C@@H](O[C@H](C)[C@H](NC(=O)OC(C)(C)C)C(=O)OCc2ccccc2)[C@H](N2C(=O)c3c(Cl)c(Cl)c(Cl)c(Cl)c3C2=O)[C@@H](OC(C)=O)[C@@H]1OC(C)=O. The smallest absolute Gasteiger partial charge is 0.408 e. The van der Waals surface area contributed by atoms with Crippen LogP contribution in [0.25, 0.3) is 0 Å². The lowest BCUT2D eigenvalue weighted by atomic mass is 9.94. The van der Waals surface area contributed by atoms with E-state index in [1.165, 1.54) is 6.92 Å². The highest BCUT2D eigenvalue weighted by Crippen LogP contribution is 2.46. The van der Waals surface area contributed by atoms with E-state index in [0.717, 1.165) is 20.8 Å². The van der Waals surface area contributed by atoms with Crippen molar-refractivity contribution in [3.05, 3.63) is 67.1 Å². The van der Waals surface area contributed by atoms with Crippen molar-refractivity contribution in [1.29, 1.82) is 0 Å². The van der Waals surface area contributed by atoms with E-state index in [2.05, 4.69) is 5.32 Å². The fourth-order valence-corrected chi connectivity index (χ4v) is 6.83. The molecule has 56 heavy (non-hydrogen) atoms. The van der Waals surface area contributed by atoms with Crippen molar-refractivity contribution in [2.45, 2.75) is 103 Å². The molecule has 0 bridgehead atoms. The molecule has 0 aliphatic carbocycles. The molecule has 2 aliphatic rings. The number of hydrogen-bond donors (Lipinski definition) is 1. The third-order valence-electron chi connectivity index (χ3n) is 8.07. The molecule has 2 aromatic rings. The summed E-state index contributed by atoms with van der Waals surface area (Å²) in [6.07, 6.45) is -9.40. The Hall–Kier alpha value is -4.19. The van der Waals surface area contributed by atoms with Crippen molar-refractivity contribution < 1.29 is 66.7 Å². The number of rotatable bonds is 12. The van der Waals surface area contributed by atoms with Crippen LogP contribution in [-0.2, 0) is 58.9 Å². The summed E-state index contributed by atoms with van der Waals surface area (Å²) in [4.78, 5) is 92.8. The quantitative estimate of drug-likeness (QED) is 0.0928. The van der Waals surface area contributed by atoms with Gasteiger partial charge in [-0.15, -0.1) is 0 Å². The summed E-state index contributed by atoms with van der Waals surface area (Å²) in [5.41, 5.74) is -1.33. The summed E-state index contributed by atoms with van der Waals surface area (Å²) in [7, 11) is 0. The zero-order valence-corrected chi connectivity index (χ0v) is 34.0. The maximum Gasteiger partial charge on any atom is 0.408 e. The molecular formula is C36H38Cl4N2O14. The van der Waals surface area contributed by atoms with E-state index in [0.29, 0.717) is 10.5 Å². The average molecular weight is 865 g/mol. The number of esters is 4. The Labute approximate surface area is 341 Å². The van der Waals surface area contributed by atoms with Crippen LogP contribution in [0.3, 0.4) is 0 Å². The molecule has 1 fully saturated rings. The van der Waals surface area contributed by atoms with Crippen molar-refractivity contribution >= 4 is 88.2 Å². The second-order valence-electron chi connectivity index (χ2n) is 13.5. The highest BCUT2D eigenvalue weighted by Gasteiger charge is 2.59. The molecule has 0 spiro atoms. The van der Waals surface area contributed by atoms with E-state index in [4.69, 9.17) is 79.6 Å². The minimum absolute atomic E-state index is 0.216. The number of amides is 3. The van der Waals surface area contributed by atoms with Gasteiger partial charge >= 0.3 is 30.0 Å². The molecule has 0 saturated carbocycles. The second kappa shape index (κ2) is 18.4. The highest BCUT2D eigenvalue weighted by atomic mass is 35.5. The van der Waals surface area contributed by atoms with Crippen molar-refractivity contribution in [3.8, 4) is 0 Å². The molecule has 304 valence electrons. The molecule has 1 N–H and O–H groups in total. The third kappa shape index (κ3) is 10.4. The maximum atomic E-state index is 14.3. The number of alkyl carbamates (subject to hydrolysis) is 1. The molecule has 2 aromatic carbocycles. The molecule has 2 heterocycles. The number of fused-ring (bicyclic) bond motifs is 1. The first-order valence-electron chi connectivity index (χ1n) is 16.9. The fourth-order valence-electron chi connectivity index (χ4n) is 5.82. The van der Waals surface area contributed by atoms with Crippen molar-refractivity contribution in [1.82, 2.24) is 10.2 Å². The predicted molar refractivity (Wildman–Crippen MR) is 197 cm³/mol. The molecule has 20 heteroatoms. The number of carbonyl (C=O) groups excluding carboxylic acids is 7. The number of hydrogen-bond acceptors (Lipinski definition) is 14. The number of halogens is 4. The summed E-state index contributed by atoms with van der Waals surface area (Å²) < 4.78 is 39.6. The van der Waals surface area contributed by atoms with E-state index >= 15 is 0 Å². The van der Waals surface area contributed by atoms with Gasteiger partial charge in [-0.25, -0.2) is 9.59 Å². The molecule has 2 aliphatic heterocycles. The van der Waals surface area contributed by atoms with Gasteiger partial charge in [-0.3, -0.25) is 28.9 Å². The van der Waals surface area contributed by atoms with E-state index in [1.807, 2.05) is 0 Å². The van der Waals surface area contributed by atoms with Gasteiger partial charge in [-0.05, 0) is 33.3 Å². The van der Waals surface area contributed by atoms with Gasteiger partial charge in [0.1, 0.15) is 31.0 Å². The van der Waals surface area contributed by atoms with Gasteiger partial charge in [0.2, 0.25) is 0 Å². The lowest BCUT2D eigenvalue weighted by Crippen LogP contribution is -2.68. The van der Waals surface area contributed by atoms with Crippen LogP contribution in [0.4, 0.5) is 4.79 Å². The van der Waals surface area contributed by atoms with E-state index < -0.39 is 118 Å². The Balaban J connectivity index is 1.85. The van der Waals surface area contributed by atoms with E-state index in [1.54, 1.807) is 51.1 Å². The lowest BCUT2D eigenvalue weighted by Gasteiger charge is -2.47. The first kappa shape index (κ1) is 44.5. The minimum atomic E-state index is -1.92. The normalized spacial score (nSPS) is 21.7. The summed E-state index contributed by atoms with van der Waals surface area (Å²) in [5, 5.41) is 0.860. The van der Waals surface area contributed by atoms with Gasteiger partial charge < -0.3 is 38.5 Å². The largest absolute Gasteiger partial charge is 0.463 e. The van der Waals surface area contributed by atoms with Crippen LogP contribution in [0.15, 0.2) is 30.3 Å². The first-order chi connectivity index (χ1) is 26.1. The van der Waals surface area contributed by atoms with Crippen LogP contribution in [0.2, 0.25) is 20.1 Å². The van der Waals surface area contributed by atoms with Gasteiger partial charge in [0.05, 0.1) is 37.3 Å². The van der Waals surface area contributed by atoms with Crippen molar-refractivity contribution in [2.24, 2.45) is 0 Å². The monoisotopic (exact) mass is 862 g/mol. The van der Waals surface area contributed by atoms with Crippen LogP contribution in [0.5, 0.6) is 0 Å². The highest BCUT2D eigenvalue weighted by molar-refractivity contribution is 6.55. The van der Waals surface area contributed by atoms with Crippen LogP contribution < -0.4 is 5.32 Å². The summed E-state index contributed by atoms with van der Waals surface area (Å²) in [5.74, 6) is -5.96. The number of benzene rings is 2. The zero-order chi connectivity index (χ0) is 41.8. The lowest BCUT2D eigenvalue weighted by molar-refractivity contribution is -0.295. The van der Waals surface area contributed by atoms with Gasteiger partial charge in [0.25, 0.3) is 11.8 Å². The van der Waals surface area contributed by atoms with Crippen LogP contribution in [0.1, 0.15) is 74.7 Å². The van der Waals surface area contributed by atoms with Crippen LogP contribution >= 0.6 is 46.4 Å². The van der Waals surface area contributed by atoms with Crippen molar-refractivity contribution in [3.63, 3.8) is 0 Å². The second-order valence-corrected chi connectivity index (χ2v) is 15.0. The topological polar surface area (TPSA) is 199 Å². The predicted octanol–water partition coefficient (Wildman–Crippen LogP) is 5.46. The average Bonchev–Trinajstić information content (AvgIpc) is 3.36. The molecule has 0 unspecified atom stereocenters. The standard InChI is InChI=1S/C36H38Cl4N2O14/c1-15(27(41-35(49)56-36(5,6)7)33(48)51-13-19-11-9-8-10-12-19)52-34-28(42-31(46)21-22(32(42)47)24(38)26(40)25(39)23(21)37)30(54-18(4)45)29(53-17(3)44)20(55-34)14-50-16(2)43/h8-12,15,20,27-30,34H,13-14H2,1-7H3,(H,41,49)/t15-,20-,27+,28-,29-,30-,34-/m1/s1. The fraction of sp³-hybridized carbons (Fsp3) is 0.472. The summed E-state index contributed by atoms with van der Waals surface area (Å²) in [6, 6.07) is 5.07. The van der Waals surface area contributed by atoms with E-state index in [-0.39, 0.29) is 16.7 Å². The van der Waals surface area contributed by atoms with E-state index in [9.17, 15) is 33.6 Å². The van der Waals surface area contributed by atoms with Crippen molar-refractivity contribution in [2.75, 3.05) is 6.61 Å². The summed E-state index contributed by atoms with van der Waals surface area (Å²) >= 11 is 25.3. The molecule has 0 aromatic heterocycles. The van der Waals surface area contributed by atoms with Crippen LogP contribution in [0, 0.1) is 0 Å². The number of nitrogens with one attached hydrogen (secondary N) is 1. The Morgan fingerprint density at radius 2 is 1.34 bits per heavy atom. The Bertz CT molecular complexity index is 1840. The molecule has 7 atom stereocenters. The van der Waals surface area contributed by atoms with Gasteiger partial charge in [-0.1, -0.05) is 76.7 Å². The number of carbonyl (C=O) groups is 7. The molecule has 0 radical (unpaired) electrons. The third-order valence-corrected chi connectivity index (χ3v) is 9.87. The Kier molecular flexibility index (Phi) is 14.6. The Morgan fingerprint density at radius 3 is 1.84 bits per heavy atom. The van der Waals surface area contributed by atoms with Gasteiger partial charge in [-0.2, -0.15) is 0 Å². The molecule has 3 amide bonds. The van der Waals surface area contributed by atoms with Crippen LogP contribution in [-0.4, -0.2) is 102 Å². The number of nitrogens with zero attached hydrogens (tertiary/aromatic N) is 1. The molecular weight excluding hydrogens is 826 g/mol. The first-order valence-corrected chi connectivity index (χ1v) is 18.4. The Morgan fingerprint density at radius 1 is 0.804 bits per heavy atom. The summed E-state index contributed by atoms with van der Waals surface area (Å²) in [6.45, 7) is 8.35. The minimum Gasteiger partial charge on any atom is -0.463 e. The van der Waals surface area contributed by atoms with Gasteiger partial charge in [0, 0.05) is 20.8 Å². The number of imide groups is 1. The molecule has 1 saturated heterocycles.